The second-order valence-electron chi connectivity index (χ2n) is 9.12. The summed E-state index contributed by atoms with van der Waals surface area (Å²) >= 11 is 5.67. The number of furan rings is 1. The van der Waals surface area contributed by atoms with Crippen molar-refractivity contribution in [3.05, 3.63) is 93.5 Å². The van der Waals surface area contributed by atoms with Gasteiger partial charge in [0.2, 0.25) is 0 Å². The summed E-state index contributed by atoms with van der Waals surface area (Å²) in [6, 6.07) is 7.17. The van der Waals surface area contributed by atoms with E-state index in [9.17, 15) is 44.7 Å². The highest BCUT2D eigenvalue weighted by Gasteiger charge is 2.40. The standard InChI is InChI=1S/C27H21ClF6N2O5S/c1-2-42(39,40)17-6-8-20(35-12-17)21(13-37)36-25(38)15-4-7-18-22(10-15)41-23(24(18)27(32,33)34)9-14-3-5-16(28)11-19(14)26(29,30)31/h3-8,10-12,21,37H,2,9,13H2,1H3,(H,36,38)/t21-/m0/s1. The van der Waals surface area contributed by atoms with Gasteiger partial charge in [0.05, 0.1) is 34.6 Å². The molecule has 2 aromatic heterocycles. The molecule has 0 saturated heterocycles. The van der Waals surface area contributed by atoms with Crippen molar-refractivity contribution >= 4 is 38.3 Å². The molecule has 224 valence electrons. The van der Waals surface area contributed by atoms with E-state index < -0.39 is 80.6 Å². The lowest BCUT2D eigenvalue weighted by Crippen LogP contribution is -2.31. The lowest BCUT2D eigenvalue weighted by Gasteiger charge is -2.16. The molecule has 0 aliphatic carbocycles. The molecule has 0 spiro atoms. The molecule has 0 fully saturated rings. The van der Waals surface area contributed by atoms with Crippen molar-refractivity contribution in [2.45, 2.75) is 36.6 Å². The molecule has 0 bridgehead atoms. The highest BCUT2D eigenvalue weighted by molar-refractivity contribution is 7.91. The van der Waals surface area contributed by atoms with Crippen molar-refractivity contribution in [3.63, 3.8) is 0 Å². The monoisotopic (exact) mass is 634 g/mol. The number of aliphatic hydroxyl groups is 1. The molecule has 0 saturated carbocycles. The van der Waals surface area contributed by atoms with E-state index in [1.165, 1.54) is 19.1 Å². The van der Waals surface area contributed by atoms with Crippen LogP contribution < -0.4 is 5.32 Å². The van der Waals surface area contributed by atoms with Crippen molar-refractivity contribution in [1.82, 2.24) is 10.3 Å². The number of benzene rings is 2. The van der Waals surface area contributed by atoms with E-state index in [-0.39, 0.29) is 26.9 Å². The summed E-state index contributed by atoms with van der Waals surface area (Å²) in [4.78, 5) is 16.9. The van der Waals surface area contributed by atoms with Gasteiger partial charge in [-0.05, 0) is 48.0 Å². The number of hydrogen-bond donors (Lipinski definition) is 2. The number of pyridine rings is 1. The highest BCUT2D eigenvalue weighted by Crippen LogP contribution is 2.42. The van der Waals surface area contributed by atoms with Crippen LogP contribution in [0.25, 0.3) is 11.0 Å². The van der Waals surface area contributed by atoms with Crippen LogP contribution in [0.15, 0.2) is 64.0 Å². The van der Waals surface area contributed by atoms with Crippen LogP contribution in [0, 0.1) is 0 Å². The van der Waals surface area contributed by atoms with Gasteiger partial charge in [-0.25, -0.2) is 8.42 Å². The molecular formula is C27H21ClF6N2O5S. The van der Waals surface area contributed by atoms with Gasteiger partial charge in [0.1, 0.15) is 16.9 Å². The van der Waals surface area contributed by atoms with Gasteiger partial charge in [-0.3, -0.25) is 9.78 Å². The molecule has 4 aromatic rings. The molecule has 15 heteroatoms. The largest absolute Gasteiger partial charge is 0.460 e. The molecule has 4 rings (SSSR count). The van der Waals surface area contributed by atoms with Gasteiger partial charge in [-0.1, -0.05) is 24.6 Å². The number of carbonyl (C=O) groups excluding carboxylic acids is 1. The first-order valence-electron chi connectivity index (χ1n) is 12.1. The minimum absolute atomic E-state index is 0.0581. The molecule has 2 N–H and O–H groups in total. The Hall–Kier alpha value is -3.62. The third-order valence-electron chi connectivity index (χ3n) is 6.38. The lowest BCUT2D eigenvalue weighted by atomic mass is 9.99. The number of halogens is 7. The van der Waals surface area contributed by atoms with Crippen molar-refractivity contribution in [3.8, 4) is 0 Å². The minimum Gasteiger partial charge on any atom is -0.460 e. The molecule has 1 atom stereocenters. The summed E-state index contributed by atoms with van der Waals surface area (Å²) < 4.78 is 112. The van der Waals surface area contributed by atoms with Crippen LogP contribution in [0.2, 0.25) is 5.02 Å². The molecule has 42 heavy (non-hydrogen) atoms. The minimum atomic E-state index is -5.00. The topological polar surface area (TPSA) is 110 Å². The second-order valence-corrected chi connectivity index (χ2v) is 11.8. The van der Waals surface area contributed by atoms with Crippen molar-refractivity contribution in [2.24, 2.45) is 0 Å². The molecule has 2 aromatic carbocycles. The Bertz CT molecular complexity index is 1730. The second kappa shape index (κ2) is 11.6. The Morgan fingerprint density at radius 3 is 2.33 bits per heavy atom. The van der Waals surface area contributed by atoms with E-state index >= 15 is 0 Å². The van der Waals surface area contributed by atoms with E-state index in [0.29, 0.717) is 6.07 Å². The number of rotatable bonds is 8. The van der Waals surface area contributed by atoms with Crippen LogP contribution in [0.5, 0.6) is 0 Å². The number of aromatic nitrogens is 1. The van der Waals surface area contributed by atoms with E-state index in [1.54, 1.807) is 0 Å². The van der Waals surface area contributed by atoms with Crippen molar-refractivity contribution in [2.75, 3.05) is 12.4 Å². The lowest BCUT2D eigenvalue weighted by molar-refractivity contribution is -0.138. The maximum atomic E-state index is 14.0. The Kier molecular flexibility index (Phi) is 8.63. The summed E-state index contributed by atoms with van der Waals surface area (Å²) in [5.74, 6) is -1.79. The third kappa shape index (κ3) is 6.55. The summed E-state index contributed by atoms with van der Waals surface area (Å²) in [6.07, 6.45) is -9.68. The summed E-state index contributed by atoms with van der Waals surface area (Å²) in [7, 11) is -3.54. The number of amides is 1. The van der Waals surface area contributed by atoms with Gasteiger partial charge in [0.25, 0.3) is 5.91 Å². The molecule has 0 aliphatic heterocycles. The Balaban J connectivity index is 1.67. The van der Waals surface area contributed by atoms with Gasteiger partial charge in [0, 0.05) is 28.6 Å². The van der Waals surface area contributed by atoms with Gasteiger partial charge in [-0.15, -0.1) is 0 Å². The first-order chi connectivity index (χ1) is 19.5. The smallest absolute Gasteiger partial charge is 0.420 e. The zero-order valence-corrected chi connectivity index (χ0v) is 23.0. The number of nitrogens with one attached hydrogen (secondary N) is 1. The summed E-state index contributed by atoms with van der Waals surface area (Å²) in [5.41, 5.74) is -3.46. The van der Waals surface area contributed by atoms with Crippen LogP contribution in [0.4, 0.5) is 26.3 Å². The third-order valence-corrected chi connectivity index (χ3v) is 8.34. The summed E-state index contributed by atoms with van der Waals surface area (Å²) in [5, 5.41) is 11.5. The molecular weight excluding hydrogens is 614 g/mol. The van der Waals surface area contributed by atoms with E-state index in [1.807, 2.05) is 0 Å². The zero-order chi connectivity index (χ0) is 31.0. The van der Waals surface area contributed by atoms with E-state index in [0.717, 1.165) is 36.5 Å². The first kappa shape index (κ1) is 31.3. The van der Waals surface area contributed by atoms with E-state index in [4.69, 9.17) is 16.0 Å². The molecule has 2 heterocycles. The molecule has 1 amide bonds. The number of nitrogens with zero attached hydrogens (tertiary/aromatic N) is 1. The normalized spacial score (nSPS) is 13.4. The van der Waals surface area contributed by atoms with Crippen molar-refractivity contribution < 1.29 is 49.1 Å². The summed E-state index contributed by atoms with van der Waals surface area (Å²) in [6.45, 7) is 0.806. The number of carbonyl (C=O) groups is 1. The first-order valence-corrected chi connectivity index (χ1v) is 14.2. The Labute approximate surface area is 240 Å². The highest BCUT2D eigenvalue weighted by atomic mass is 35.5. The van der Waals surface area contributed by atoms with Crippen LogP contribution >= 0.6 is 11.6 Å². The number of sulfone groups is 1. The molecule has 0 unspecified atom stereocenters. The van der Waals surface area contributed by atoms with Crippen molar-refractivity contribution in [1.29, 1.82) is 0 Å². The number of fused-ring (bicyclic) bond motifs is 1. The Morgan fingerprint density at radius 1 is 1.05 bits per heavy atom. The van der Waals surface area contributed by atoms with Crippen LogP contribution in [-0.4, -0.2) is 36.8 Å². The predicted octanol–water partition coefficient (Wildman–Crippen LogP) is 6.37. The zero-order valence-electron chi connectivity index (χ0n) is 21.5. The molecule has 7 nitrogen and oxygen atoms in total. The van der Waals surface area contributed by atoms with E-state index in [2.05, 4.69) is 10.3 Å². The quantitative estimate of drug-likeness (QED) is 0.218. The SMILES string of the molecule is CCS(=O)(=O)c1ccc([C@H](CO)NC(=O)c2ccc3c(C(F)(F)F)c(Cc4ccc(Cl)cc4C(F)(F)F)oc3c2)nc1. The molecule has 0 aliphatic rings. The van der Waals surface area contributed by atoms with Crippen LogP contribution in [-0.2, 0) is 28.6 Å². The fourth-order valence-electron chi connectivity index (χ4n) is 4.27. The van der Waals surface area contributed by atoms with Gasteiger partial charge in [-0.2, -0.15) is 26.3 Å². The van der Waals surface area contributed by atoms with Gasteiger partial charge >= 0.3 is 12.4 Å². The number of hydrogen-bond acceptors (Lipinski definition) is 6. The van der Waals surface area contributed by atoms with Gasteiger partial charge in [0.15, 0.2) is 9.84 Å². The van der Waals surface area contributed by atoms with Crippen LogP contribution in [0.3, 0.4) is 0 Å². The molecule has 0 radical (unpaired) electrons. The average molecular weight is 635 g/mol. The van der Waals surface area contributed by atoms with Gasteiger partial charge < -0.3 is 14.8 Å². The fourth-order valence-corrected chi connectivity index (χ4v) is 5.26. The Morgan fingerprint density at radius 2 is 1.76 bits per heavy atom. The predicted molar refractivity (Wildman–Crippen MR) is 140 cm³/mol. The van der Waals surface area contributed by atoms with Crippen LogP contribution in [0.1, 0.15) is 51.5 Å². The average Bonchev–Trinajstić information content (AvgIpc) is 3.29. The maximum absolute atomic E-state index is 14.0. The number of aliphatic hydroxyl groups excluding tert-OH is 1. The number of alkyl halides is 6. The maximum Gasteiger partial charge on any atom is 0.420 e. The fraction of sp³-hybridized carbons (Fsp3) is 0.259.